The lowest BCUT2D eigenvalue weighted by Gasteiger charge is -2.04. The number of hydrogen-bond donors (Lipinski definition) is 0. The molecule has 2 aliphatic rings. The molecule has 1 saturated carbocycles. The molecule has 0 aromatic rings. The van der Waals surface area contributed by atoms with Crippen molar-refractivity contribution in [3.05, 3.63) is 11.6 Å². The highest BCUT2D eigenvalue weighted by atomic mass is 16.1. The zero-order valence-corrected chi connectivity index (χ0v) is 7.56. The minimum atomic E-state index is -0.0446. The molecule has 1 heteroatoms. The lowest BCUT2D eigenvalue weighted by molar-refractivity contribution is -0.120. The smallest absolute Gasteiger partial charge is 0.165 e. The molecular weight excluding hydrogens is 136 g/mol. The second-order valence-corrected chi connectivity index (χ2v) is 4.36. The molecule has 11 heavy (non-hydrogen) atoms. The Morgan fingerprint density at radius 1 is 1.45 bits per heavy atom. The van der Waals surface area contributed by atoms with E-state index >= 15 is 0 Å². The number of ketones is 1. The fourth-order valence-corrected chi connectivity index (χ4v) is 2.73. The van der Waals surface area contributed by atoms with Crippen LogP contribution in [0.4, 0.5) is 0 Å². The minimum Gasteiger partial charge on any atom is -0.294 e. The standard InChI is InChI=1S/C10H14O/c1-6-5-9(3)7(2)10(9,4)8(6)11/h5,7H,1-4H3/t7-,9+,10+/m1/s1. The van der Waals surface area contributed by atoms with Crippen LogP contribution in [0.1, 0.15) is 27.7 Å². The van der Waals surface area contributed by atoms with Crippen molar-refractivity contribution < 1.29 is 4.79 Å². The van der Waals surface area contributed by atoms with Gasteiger partial charge < -0.3 is 0 Å². The molecule has 60 valence electrons. The van der Waals surface area contributed by atoms with Crippen LogP contribution in [-0.4, -0.2) is 5.78 Å². The number of fused-ring (bicyclic) bond motifs is 1. The predicted molar refractivity (Wildman–Crippen MR) is 44.1 cm³/mol. The van der Waals surface area contributed by atoms with E-state index in [4.69, 9.17) is 0 Å². The highest BCUT2D eigenvalue weighted by Crippen LogP contribution is 2.73. The van der Waals surface area contributed by atoms with Gasteiger partial charge >= 0.3 is 0 Å². The lowest BCUT2D eigenvalue weighted by Crippen LogP contribution is -2.13. The van der Waals surface area contributed by atoms with Crippen LogP contribution < -0.4 is 0 Å². The zero-order chi connectivity index (χ0) is 8.44. The van der Waals surface area contributed by atoms with Crippen molar-refractivity contribution in [3.8, 4) is 0 Å². The molecular formula is C10H14O. The monoisotopic (exact) mass is 150 g/mol. The van der Waals surface area contributed by atoms with Gasteiger partial charge in [-0.3, -0.25) is 4.79 Å². The average molecular weight is 150 g/mol. The Kier molecular flexibility index (Phi) is 0.935. The van der Waals surface area contributed by atoms with Crippen LogP contribution in [0.15, 0.2) is 11.6 Å². The highest BCUT2D eigenvalue weighted by molar-refractivity contribution is 6.06. The molecule has 0 spiro atoms. The minimum absolute atomic E-state index is 0.0446. The SMILES string of the molecule is CC1=C[C@@]2(C)[C@@H](C)[C@@]2(C)C1=O. The molecule has 0 amide bonds. The van der Waals surface area contributed by atoms with Gasteiger partial charge in [-0.25, -0.2) is 0 Å². The molecule has 0 bridgehead atoms. The van der Waals surface area contributed by atoms with Crippen molar-refractivity contribution in [2.24, 2.45) is 16.7 Å². The van der Waals surface area contributed by atoms with Gasteiger partial charge in [0.15, 0.2) is 5.78 Å². The van der Waals surface area contributed by atoms with Crippen LogP contribution in [0.25, 0.3) is 0 Å². The molecule has 0 aromatic heterocycles. The molecule has 0 aliphatic heterocycles. The summed E-state index contributed by atoms with van der Waals surface area (Å²) < 4.78 is 0. The highest BCUT2D eigenvalue weighted by Gasteiger charge is 2.74. The van der Waals surface area contributed by atoms with E-state index in [0.29, 0.717) is 11.7 Å². The largest absolute Gasteiger partial charge is 0.294 e. The third kappa shape index (κ3) is 0.463. The van der Waals surface area contributed by atoms with Gasteiger partial charge in [0.2, 0.25) is 0 Å². The van der Waals surface area contributed by atoms with E-state index in [1.54, 1.807) is 0 Å². The molecule has 0 N–H and O–H groups in total. The maximum Gasteiger partial charge on any atom is 0.165 e. The van der Waals surface area contributed by atoms with Crippen molar-refractivity contribution in [1.29, 1.82) is 0 Å². The van der Waals surface area contributed by atoms with E-state index in [9.17, 15) is 4.79 Å². The Morgan fingerprint density at radius 2 is 2.00 bits per heavy atom. The second-order valence-electron chi connectivity index (χ2n) is 4.36. The maximum atomic E-state index is 11.6. The third-order valence-electron chi connectivity index (χ3n) is 4.15. The van der Waals surface area contributed by atoms with E-state index in [2.05, 4.69) is 26.8 Å². The molecule has 0 heterocycles. The van der Waals surface area contributed by atoms with Crippen molar-refractivity contribution in [2.45, 2.75) is 27.7 Å². The Hall–Kier alpha value is -0.590. The lowest BCUT2D eigenvalue weighted by atomic mass is 9.97. The Bertz CT molecular complexity index is 277. The van der Waals surface area contributed by atoms with E-state index in [-0.39, 0.29) is 10.8 Å². The van der Waals surface area contributed by atoms with Gasteiger partial charge in [0, 0.05) is 10.8 Å². The molecule has 1 nitrogen and oxygen atoms in total. The molecule has 0 unspecified atom stereocenters. The zero-order valence-electron chi connectivity index (χ0n) is 7.56. The first-order valence-corrected chi connectivity index (χ1v) is 4.19. The van der Waals surface area contributed by atoms with E-state index < -0.39 is 0 Å². The Morgan fingerprint density at radius 3 is 2.27 bits per heavy atom. The third-order valence-corrected chi connectivity index (χ3v) is 4.15. The number of hydrogen-bond acceptors (Lipinski definition) is 1. The number of rotatable bonds is 0. The maximum absolute atomic E-state index is 11.6. The summed E-state index contributed by atoms with van der Waals surface area (Å²) >= 11 is 0. The summed E-state index contributed by atoms with van der Waals surface area (Å²) in [5, 5.41) is 0. The number of allylic oxidation sites excluding steroid dienone is 2. The molecule has 2 rings (SSSR count). The van der Waals surface area contributed by atoms with E-state index in [1.807, 2.05) is 6.92 Å². The molecule has 0 aromatic carbocycles. The summed E-state index contributed by atoms with van der Waals surface area (Å²) in [6, 6.07) is 0. The predicted octanol–water partition coefficient (Wildman–Crippen LogP) is 2.18. The van der Waals surface area contributed by atoms with Crippen LogP contribution in [0.2, 0.25) is 0 Å². The van der Waals surface area contributed by atoms with Gasteiger partial charge in [0.25, 0.3) is 0 Å². The van der Waals surface area contributed by atoms with Crippen LogP contribution in [-0.2, 0) is 4.79 Å². The molecule has 1 fully saturated rings. The van der Waals surface area contributed by atoms with Gasteiger partial charge in [-0.1, -0.05) is 26.8 Å². The first-order chi connectivity index (χ1) is 4.94. The molecule has 3 atom stereocenters. The van der Waals surface area contributed by atoms with Crippen molar-refractivity contribution >= 4 is 5.78 Å². The van der Waals surface area contributed by atoms with Crippen LogP contribution in [0.3, 0.4) is 0 Å². The normalized spacial score (nSPS) is 54.0. The summed E-state index contributed by atoms with van der Waals surface area (Å²) in [5.74, 6) is 0.915. The van der Waals surface area contributed by atoms with Gasteiger partial charge in [-0.2, -0.15) is 0 Å². The number of carbonyl (C=O) groups is 1. The first kappa shape index (κ1) is 7.08. The van der Waals surface area contributed by atoms with E-state index in [0.717, 1.165) is 5.57 Å². The Labute approximate surface area is 67.5 Å². The van der Waals surface area contributed by atoms with Gasteiger partial charge in [0.1, 0.15) is 0 Å². The summed E-state index contributed by atoms with van der Waals surface area (Å²) in [6.45, 7) is 8.37. The fraction of sp³-hybridized carbons (Fsp3) is 0.700. The van der Waals surface area contributed by atoms with E-state index in [1.165, 1.54) is 0 Å². The summed E-state index contributed by atoms with van der Waals surface area (Å²) in [5.41, 5.74) is 1.11. The number of Topliss-reactive ketones (excluding diaryl/α,β-unsaturated/α-hetero) is 1. The van der Waals surface area contributed by atoms with Crippen LogP contribution >= 0.6 is 0 Å². The Balaban J connectivity index is 2.51. The van der Waals surface area contributed by atoms with Crippen molar-refractivity contribution in [1.82, 2.24) is 0 Å². The fourth-order valence-electron chi connectivity index (χ4n) is 2.73. The van der Waals surface area contributed by atoms with Crippen LogP contribution in [0, 0.1) is 16.7 Å². The summed E-state index contributed by atoms with van der Waals surface area (Å²) in [4.78, 5) is 11.6. The van der Waals surface area contributed by atoms with Gasteiger partial charge in [0.05, 0.1) is 0 Å². The van der Waals surface area contributed by atoms with Crippen LogP contribution in [0.5, 0.6) is 0 Å². The number of carbonyl (C=O) groups excluding carboxylic acids is 1. The van der Waals surface area contributed by atoms with Crippen molar-refractivity contribution in [3.63, 3.8) is 0 Å². The molecule has 2 aliphatic carbocycles. The summed E-state index contributed by atoms with van der Waals surface area (Å²) in [7, 11) is 0. The quantitative estimate of drug-likeness (QED) is 0.517. The average Bonchev–Trinajstić information content (AvgIpc) is 2.26. The van der Waals surface area contributed by atoms with Gasteiger partial charge in [-0.05, 0) is 18.4 Å². The first-order valence-electron chi connectivity index (χ1n) is 4.19. The molecule has 0 saturated heterocycles. The summed E-state index contributed by atoms with van der Waals surface area (Å²) in [6.07, 6.45) is 2.15. The molecule has 0 radical (unpaired) electrons. The second kappa shape index (κ2) is 1.45. The topological polar surface area (TPSA) is 17.1 Å². The van der Waals surface area contributed by atoms with Crippen molar-refractivity contribution in [2.75, 3.05) is 0 Å². The van der Waals surface area contributed by atoms with Gasteiger partial charge in [-0.15, -0.1) is 0 Å².